The van der Waals surface area contributed by atoms with E-state index in [4.69, 9.17) is 5.21 Å². The third-order valence-corrected chi connectivity index (χ3v) is 3.14. The number of nitrogens with zero attached hydrogens (tertiary/aromatic N) is 3. The number of hydrazone groups is 1. The van der Waals surface area contributed by atoms with Crippen molar-refractivity contribution in [3.63, 3.8) is 0 Å². The molecule has 0 amide bonds. The van der Waals surface area contributed by atoms with Crippen molar-refractivity contribution in [1.82, 2.24) is 4.98 Å². The molecule has 5 heteroatoms. The fraction of sp³-hybridized carbons (Fsp3) is 0. The Morgan fingerprint density at radius 3 is 2.55 bits per heavy atom. The summed E-state index contributed by atoms with van der Waals surface area (Å²) in [6.07, 6.45) is 1.28. The molecule has 0 unspecified atom stereocenters. The Hall–Kier alpha value is -3.21. The molecule has 0 atom stereocenters. The molecule has 108 valence electrons. The van der Waals surface area contributed by atoms with Crippen molar-refractivity contribution < 1.29 is 5.21 Å². The number of para-hydroxylation sites is 1. The predicted octanol–water partition coefficient (Wildman–Crippen LogP) is 3.51. The minimum atomic E-state index is 0.512. The zero-order valence-corrected chi connectivity index (χ0v) is 11.7. The molecular formula is C17H14N4O. The van der Waals surface area contributed by atoms with Gasteiger partial charge in [-0.25, -0.2) is 4.98 Å². The Morgan fingerprint density at radius 1 is 0.955 bits per heavy atom. The Balaban J connectivity index is 1.89. The van der Waals surface area contributed by atoms with Crippen molar-refractivity contribution in [2.45, 2.75) is 0 Å². The van der Waals surface area contributed by atoms with Crippen LogP contribution in [0.5, 0.6) is 0 Å². The van der Waals surface area contributed by atoms with Crippen molar-refractivity contribution in [2.24, 2.45) is 10.3 Å². The Labute approximate surface area is 127 Å². The van der Waals surface area contributed by atoms with E-state index in [1.54, 1.807) is 0 Å². The van der Waals surface area contributed by atoms with Crippen molar-refractivity contribution in [3.05, 3.63) is 72.3 Å². The lowest BCUT2D eigenvalue weighted by atomic mass is 10.1. The summed E-state index contributed by atoms with van der Waals surface area (Å²) < 4.78 is 0. The highest BCUT2D eigenvalue weighted by atomic mass is 16.4. The van der Waals surface area contributed by atoms with Crippen molar-refractivity contribution in [2.75, 3.05) is 5.43 Å². The standard InChI is InChI=1S/C17H14N4O/c22-18-12-16(13-6-2-1-3-7-13)20-21-17-11-10-14-8-4-5-9-15(14)19-17/h1-12,22H,(H,19,21)/b18-12+,20-16-. The van der Waals surface area contributed by atoms with Crippen LogP contribution in [0, 0.1) is 0 Å². The third kappa shape index (κ3) is 3.09. The van der Waals surface area contributed by atoms with E-state index in [9.17, 15) is 0 Å². The topological polar surface area (TPSA) is 69.9 Å². The van der Waals surface area contributed by atoms with Gasteiger partial charge in [0.1, 0.15) is 11.5 Å². The van der Waals surface area contributed by atoms with Crippen LogP contribution in [0.25, 0.3) is 10.9 Å². The molecule has 22 heavy (non-hydrogen) atoms. The number of oxime groups is 1. The van der Waals surface area contributed by atoms with E-state index in [2.05, 4.69) is 20.7 Å². The quantitative estimate of drug-likeness (QED) is 0.439. The van der Waals surface area contributed by atoms with Gasteiger partial charge in [0.15, 0.2) is 0 Å². The monoisotopic (exact) mass is 290 g/mol. The lowest BCUT2D eigenvalue weighted by Crippen LogP contribution is -2.06. The molecule has 0 aliphatic heterocycles. The molecule has 0 fully saturated rings. The van der Waals surface area contributed by atoms with Gasteiger partial charge in [-0.3, -0.25) is 5.43 Å². The van der Waals surface area contributed by atoms with Crippen LogP contribution in [0.2, 0.25) is 0 Å². The number of benzene rings is 2. The summed E-state index contributed by atoms with van der Waals surface area (Å²) in [6.45, 7) is 0. The molecule has 2 aromatic carbocycles. The molecule has 0 saturated carbocycles. The first-order chi connectivity index (χ1) is 10.9. The number of pyridine rings is 1. The average molecular weight is 290 g/mol. The summed E-state index contributed by atoms with van der Waals surface area (Å²) in [7, 11) is 0. The first kappa shape index (κ1) is 13.8. The van der Waals surface area contributed by atoms with E-state index in [-0.39, 0.29) is 0 Å². The lowest BCUT2D eigenvalue weighted by Gasteiger charge is -2.04. The first-order valence-electron chi connectivity index (χ1n) is 6.79. The van der Waals surface area contributed by atoms with Crippen LogP contribution < -0.4 is 5.43 Å². The van der Waals surface area contributed by atoms with Crippen LogP contribution in [-0.2, 0) is 0 Å². The molecule has 0 saturated heterocycles. The SMILES string of the molecule is O/N=C/C(=N/Nc1ccc2ccccc2n1)c1ccccc1. The van der Waals surface area contributed by atoms with Gasteiger partial charge in [0.2, 0.25) is 0 Å². The highest BCUT2D eigenvalue weighted by molar-refractivity contribution is 6.38. The highest BCUT2D eigenvalue weighted by Crippen LogP contribution is 2.14. The number of hydrogen-bond donors (Lipinski definition) is 2. The summed E-state index contributed by atoms with van der Waals surface area (Å²) in [5.41, 5.74) is 5.14. The van der Waals surface area contributed by atoms with Crippen LogP contribution in [-0.4, -0.2) is 22.1 Å². The fourth-order valence-electron chi connectivity index (χ4n) is 2.08. The number of fused-ring (bicyclic) bond motifs is 1. The number of anilines is 1. The van der Waals surface area contributed by atoms with Gasteiger partial charge in [0, 0.05) is 10.9 Å². The van der Waals surface area contributed by atoms with E-state index in [1.165, 1.54) is 6.21 Å². The zero-order chi connectivity index (χ0) is 15.2. The largest absolute Gasteiger partial charge is 0.411 e. The van der Waals surface area contributed by atoms with Gasteiger partial charge in [-0.1, -0.05) is 53.7 Å². The maximum atomic E-state index is 8.78. The molecule has 0 spiro atoms. The predicted molar refractivity (Wildman–Crippen MR) is 88.6 cm³/mol. The Morgan fingerprint density at radius 2 is 1.73 bits per heavy atom. The van der Waals surface area contributed by atoms with E-state index in [0.29, 0.717) is 11.5 Å². The van der Waals surface area contributed by atoms with Crippen molar-refractivity contribution in [1.29, 1.82) is 0 Å². The molecule has 5 nitrogen and oxygen atoms in total. The molecule has 1 heterocycles. The van der Waals surface area contributed by atoms with E-state index in [1.807, 2.05) is 66.7 Å². The van der Waals surface area contributed by atoms with Gasteiger partial charge >= 0.3 is 0 Å². The first-order valence-corrected chi connectivity index (χ1v) is 6.79. The zero-order valence-electron chi connectivity index (χ0n) is 11.7. The van der Waals surface area contributed by atoms with Crippen LogP contribution in [0.4, 0.5) is 5.82 Å². The Bertz CT molecular complexity index is 828. The van der Waals surface area contributed by atoms with E-state index in [0.717, 1.165) is 16.5 Å². The maximum absolute atomic E-state index is 8.78. The van der Waals surface area contributed by atoms with Gasteiger partial charge in [0.25, 0.3) is 0 Å². The number of aromatic nitrogens is 1. The molecule has 0 aliphatic carbocycles. The van der Waals surface area contributed by atoms with Crippen LogP contribution in [0.1, 0.15) is 5.56 Å². The van der Waals surface area contributed by atoms with Gasteiger partial charge < -0.3 is 5.21 Å². The van der Waals surface area contributed by atoms with E-state index < -0.39 is 0 Å². The van der Waals surface area contributed by atoms with Gasteiger partial charge in [-0.05, 0) is 18.2 Å². The number of hydrogen-bond acceptors (Lipinski definition) is 5. The third-order valence-electron chi connectivity index (χ3n) is 3.14. The molecule has 3 aromatic rings. The molecule has 3 rings (SSSR count). The smallest absolute Gasteiger partial charge is 0.146 e. The van der Waals surface area contributed by atoms with E-state index >= 15 is 0 Å². The van der Waals surface area contributed by atoms with Crippen LogP contribution >= 0.6 is 0 Å². The minimum Gasteiger partial charge on any atom is -0.411 e. The molecule has 0 bridgehead atoms. The van der Waals surface area contributed by atoms with Gasteiger partial charge in [0.05, 0.1) is 11.7 Å². The number of rotatable bonds is 4. The summed E-state index contributed by atoms with van der Waals surface area (Å²) in [5.74, 6) is 0.624. The molecular weight excluding hydrogens is 276 g/mol. The summed E-state index contributed by atoms with van der Waals surface area (Å²) in [5, 5.41) is 17.2. The summed E-state index contributed by atoms with van der Waals surface area (Å²) >= 11 is 0. The maximum Gasteiger partial charge on any atom is 0.146 e. The number of nitrogens with one attached hydrogen (secondary N) is 1. The second-order valence-electron chi connectivity index (χ2n) is 4.61. The lowest BCUT2D eigenvalue weighted by molar-refractivity contribution is 0.322. The summed E-state index contributed by atoms with van der Waals surface area (Å²) in [4.78, 5) is 4.48. The molecule has 0 radical (unpaired) electrons. The summed E-state index contributed by atoms with van der Waals surface area (Å²) in [6, 6.07) is 21.2. The van der Waals surface area contributed by atoms with Gasteiger partial charge in [-0.2, -0.15) is 5.10 Å². The van der Waals surface area contributed by atoms with Crippen LogP contribution in [0.15, 0.2) is 77.0 Å². The molecule has 0 aliphatic rings. The molecule has 1 aromatic heterocycles. The minimum absolute atomic E-state index is 0.512. The average Bonchev–Trinajstić information content (AvgIpc) is 2.59. The second-order valence-corrected chi connectivity index (χ2v) is 4.61. The van der Waals surface area contributed by atoms with Crippen molar-refractivity contribution in [3.8, 4) is 0 Å². The van der Waals surface area contributed by atoms with Gasteiger partial charge in [-0.15, -0.1) is 0 Å². The fourth-order valence-corrected chi connectivity index (χ4v) is 2.08. The normalized spacial score (nSPS) is 11.9. The van der Waals surface area contributed by atoms with Crippen LogP contribution in [0.3, 0.4) is 0 Å². The van der Waals surface area contributed by atoms with Crippen molar-refractivity contribution >= 4 is 28.6 Å². The Kier molecular flexibility index (Phi) is 4.06. The highest BCUT2D eigenvalue weighted by Gasteiger charge is 2.01. The second kappa shape index (κ2) is 6.49. The molecule has 2 N–H and O–H groups in total.